The van der Waals surface area contributed by atoms with E-state index in [4.69, 9.17) is 14.7 Å². The molecule has 6 heterocycles. The van der Waals surface area contributed by atoms with E-state index in [1.54, 1.807) is 48.6 Å². The van der Waals surface area contributed by atoms with Gasteiger partial charge in [0.2, 0.25) is 23.6 Å². The van der Waals surface area contributed by atoms with E-state index < -0.39 is 5.95 Å². The van der Waals surface area contributed by atoms with E-state index in [2.05, 4.69) is 36.7 Å². The zero-order chi connectivity index (χ0) is 37.2. The first-order valence-corrected chi connectivity index (χ1v) is 18.7. The molecule has 0 saturated heterocycles. The molecule has 4 aromatic heterocycles. The van der Waals surface area contributed by atoms with Crippen molar-refractivity contribution in [3.8, 4) is 28.7 Å². The zero-order valence-electron chi connectivity index (χ0n) is 31.1. The molecule has 0 spiro atoms. The molecule has 0 radical (unpaired) electrons. The number of carbonyl (C=O) groups excluding carboxylic acids is 2. The maximum Gasteiger partial charge on any atom is 0.249 e. The van der Waals surface area contributed by atoms with Gasteiger partial charge < -0.3 is 24.3 Å². The Hall–Kier alpha value is -5.27. The normalized spacial score (nSPS) is 20.3. The highest BCUT2D eigenvalue weighted by Crippen LogP contribution is 2.42. The number of pyridine rings is 2. The van der Waals surface area contributed by atoms with E-state index in [0.29, 0.717) is 40.9 Å². The number of methoxy groups -OCH3 is 1. The third-order valence-corrected chi connectivity index (χ3v) is 11.0. The molecule has 53 heavy (non-hydrogen) atoms. The monoisotopic (exact) mass is 722 g/mol. The molecule has 2 amide bonds. The van der Waals surface area contributed by atoms with Crippen molar-refractivity contribution < 1.29 is 18.7 Å². The Morgan fingerprint density at radius 3 is 1.58 bits per heavy atom. The molecule has 13 nitrogen and oxygen atoms in total. The minimum absolute atomic E-state index is 0.0817. The van der Waals surface area contributed by atoms with E-state index in [-0.39, 0.29) is 23.9 Å². The van der Waals surface area contributed by atoms with Gasteiger partial charge in [-0.05, 0) is 50.7 Å². The van der Waals surface area contributed by atoms with E-state index in [9.17, 15) is 14.0 Å². The van der Waals surface area contributed by atoms with Crippen molar-refractivity contribution in [2.24, 2.45) is 0 Å². The number of nitrogens with zero attached hydrogens (tertiary/aromatic N) is 10. The fourth-order valence-electron chi connectivity index (χ4n) is 8.25. The van der Waals surface area contributed by atoms with Gasteiger partial charge >= 0.3 is 0 Å². The zero-order valence-corrected chi connectivity index (χ0v) is 31.1. The fourth-order valence-corrected chi connectivity index (χ4v) is 8.25. The Morgan fingerprint density at radius 1 is 0.698 bits per heavy atom. The molecule has 0 unspecified atom stereocenters. The summed E-state index contributed by atoms with van der Waals surface area (Å²) in [4.78, 5) is 59.9. The van der Waals surface area contributed by atoms with E-state index >= 15 is 0 Å². The number of fused-ring (bicyclic) bond motifs is 2. The second-order valence-corrected chi connectivity index (χ2v) is 14.1. The predicted molar refractivity (Wildman–Crippen MR) is 201 cm³/mol. The molecule has 0 N–H and O–H groups in total. The summed E-state index contributed by atoms with van der Waals surface area (Å²) in [6, 6.07) is 7.02. The van der Waals surface area contributed by atoms with Crippen LogP contribution in [0.2, 0.25) is 0 Å². The molecule has 14 heteroatoms. The number of aromatic nitrogens is 6. The van der Waals surface area contributed by atoms with Gasteiger partial charge in [0.15, 0.2) is 23.3 Å². The fraction of sp³-hybridized carbons (Fsp3) is 0.487. The lowest BCUT2D eigenvalue weighted by molar-refractivity contribution is -0.120. The minimum Gasteiger partial charge on any atom is -0.481 e. The molecule has 2 aliphatic heterocycles. The molecule has 4 aromatic rings. The molecule has 2 aliphatic carbocycles. The van der Waals surface area contributed by atoms with Gasteiger partial charge in [-0.3, -0.25) is 9.59 Å². The largest absolute Gasteiger partial charge is 0.481 e. The van der Waals surface area contributed by atoms with Crippen LogP contribution >= 0.6 is 0 Å². The number of hydrogen-bond acceptors (Lipinski definition) is 11. The topological polar surface area (TPSA) is 134 Å². The quantitative estimate of drug-likeness (QED) is 0.201. The molecular weight excluding hydrogens is 675 g/mol. The number of carbonyl (C=O) groups is 2. The number of hydrogen-bond donors (Lipinski definition) is 0. The molecule has 0 bridgehead atoms. The van der Waals surface area contributed by atoms with Gasteiger partial charge in [-0.15, -0.1) is 0 Å². The summed E-state index contributed by atoms with van der Waals surface area (Å²) in [6.07, 6.45) is 17.1. The van der Waals surface area contributed by atoms with Gasteiger partial charge in [-0.25, -0.2) is 29.9 Å². The van der Waals surface area contributed by atoms with Gasteiger partial charge in [0.05, 0.1) is 19.5 Å². The highest BCUT2D eigenvalue weighted by Gasteiger charge is 2.42. The van der Waals surface area contributed by atoms with Crippen molar-refractivity contribution in [2.45, 2.75) is 102 Å². The summed E-state index contributed by atoms with van der Waals surface area (Å²) >= 11 is 0. The number of rotatable bonds is 7. The minimum atomic E-state index is -0.560. The lowest BCUT2D eigenvalue weighted by Crippen LogP contribution is -2.55. The number of ether oxygens (including phenoxy) is 1. The van der Waals surface area contributed by atoms with Gasteiger partial charge in [0.25, 0.3) is 0 Å². The van der Waals surface area contributed by atoms with Crippen LogP contribution in [0.1, 0.15) is 78.1 Å². The Morgan fingerprint density at radius 2 is 1.15 bits per heavy atom. The molecule has 278 valence electrons. The highest BCUT2D eigenvalue weighted by molar-refractivity contribution is 6.05. The van der Waals surface area contributed by atoms with Crippen LogP contribution in [0.3, 0.4) is 0 Å². The van der Waals surface area contributed by atoms with E-state index in [1.807, 2.05) is 26.1 Å². The van der Waals surface area contributed by atoms with Crippen LogP contribution in [0, 0.1) is 5.95 Å². The van der Waals surface area contributed by atoms with Gasteiger partial charge in [0.1, 0.15) is 23.5 Å². The molecule has 2 saturated carbocycles. The van der Waals surface area contributed by atoms with Crippen LogP contribution in [0.5, 0.6) is 5.88 Å². The van der Waals surface area contributed by atoms with Crippen molar-refractivity contribution in [3.63, 3.8) is 0 Å². The Kier molecular flexibility index (Phi) is 10.5. The smallest absolute Gasteiger partial charge is 0.249 e. The third-order valence-electron chi connectivity index (χ3n) is 11.0. The summed E-state index contributed by atoms with van der Waals surface area (Å²) in [6.45, 7) is 4.10. The van der Waals surface area contributed by atoms with E-state index in [0.717, 1.165) is 61.4 Å². The summed E-state index contributed by atoms with van der Waals surface area (Å²) in [5.74, 6) is 2.87. The molecule has 2 atom stereocenters. The number of amides is 2. The van der Waals surface area contributed by atoms with Crippen molar-refractivity contribution in [3.05, 3.63) is 55.0 Å². The first kappa shape index (κ1) is 36.1. The maximum atomic E-state index is 13.5. The van der Waals surface area contributed by atoms with Crippen molar-refractivity contribution >= 4 is 34.8 Å². The Bertz CT molecular complexity index is 1970. The van der Waals surface area contributed by atoms with Crippen LogP contribution in [0.25, 0.3) is 22.8 Å². The Balaban J connectivity index is 0.000000164. The second-order valence-electron chi connectivity index (χ2n) is 14.1. The second kappa shape index (κ2) is 15.4. The van der Waals surface area contributed by atoms with Crippen LogP contribution in [-0.2, 0) is 9.59 Å². The summed E-state index contributed by atoms with van der Waals surface area (Å²) in [5.41, 5.74) is 2.93. The molecule has 0 aromatic carbocycles. The van der Waals surface area contributed by atoms with E-state index in [1.165, 1.54) is 37.9 Å². The maximum absolute atomic E-state index is 13.5. The van der Waals surface area contributed by atoms with Crippen LogP contribution in [-0.4, -0.2) is 87.1 Å². The van der Waals surface area contributed by atoms with Crippen molar-refractivity contribution in [1.82, 2.24) is 29.9 Å². The number of anilines is 4. The molecular formula is C39H47FN10O3. The third kappa shape index (κ3) is 6.86. The van der Waals surface area contributed by atoms with Crippen LogP contribution in [0.15, 0.2) is 49.1 Å². The molecule has 4 aliphatic rings. The predicted octanol–water partition coefficient (Wildman–Crippen LogP) is 6.23. The number of likely N-dealkylation sites (N-methyl/N-ethyl adjacent to an activating group) is 2. The SMILES string of the molecule is CC[C@@H]1C(=O)N(C)c2cnc(-c3ccnc(F)c3)nc2N1C1CCCC1.CC[C@@H]1C(=O)N(C)c2cnc(-c3ccnc(OC)c3)nc2N1C1CCCC1. The lowest BCUT2D eigenvalue weighted by Gasteiger charge is -2.43. The van der Waals surface area contributed by atoms with Crippen molar-refractivity contribution in [2.75, 3.05) is 40.8 Å². The molecule has 2 fully saturated rings. The van der Waals surface area contributed by atoms with Gasteiger partial charge in [-0.1, -0.05) is 39.5 Å². The Labute approximate surface area is 309 Å². The highest BCUT2D eigenvalue weighted by atomic mass is 19.1. The van der Waals surface area contributed by atoms with Gasteiger partial charge in [-0.2, -0.15) is 4.39 Å². The van der Waals surface area contributed by atoms with Crippen molar-refractivity contribution in [1.29, 1.82) is 0 Å². The average Bonchev–Trinajstić information content (AvgIpc) is 3.93. The standard InChI is InChI=1S/C20H25N5O2.C19H22FN5O/c1-4-15-20(26)24(2)16-12-22-18(13-9-10-21-17(11-13)27-3)23-19(16)25(15)14-7-5-6-8-14;1-3-14-19(26)24(2)15-11-22-17(12-8-9-21-16(20)10-12)23-18(15)25(14)13-6-4-5-7-13/h9-12,14-15H,4-8H2,1-3H3;8-11,13-14H,3-7H2,1-2H3/t15-;14-/m11/s1. The average molecular weight is 723 g/mol. The first-order valence-electron chi connectivity index (χ1n) is 18.7. The van der Waals surface area contributed by atoms with Gasteiger partial charge in [0, 0.05) is 61.8 Å². The lowest BCUT2D eigenvalue weighted by atomic mass is 10.0. The summed E-state index contributed by atoms with van der Waals surface area (Å²) < 4.78 is 18.7. The first-order chi connectivity index (χ1) is 25.7. The summed E-state index contributed by atoms with van der Waals surface area (Å²) in [7, 11) is 5.17. The molecule has 8 rings (SSSR count). The van der Waals surface area contributed by atoms with Crippen LogP contribution in [0.4, 0.5) is 27.4 Å². The van der Waals surface area contributed by atoms with Crippen LogP contribution < -0.4 is 24.3 Å². The summed E-state index contributed by atoms with van der Waals surface area (Å²) in [5, 5.41) is 0. The number of halogens is 1.